The molecule has 0 aromatic carbocycles. The molecule has 0 aromatic heterocycles. The monoisotopic (exact) mass is 553 g/mol. The van der Waals surface area contributed by atoms with Gasteiger partial charge in [-0.25, -0.2) is 0 Å². The van der Waals surface area contributed by atoms with Crippen LogP contribution in [0.25, 0.3) is 0 Å². The molecule has 0 heterocycles. The van der Waals surface area contributed by atoms with Crippen LogP contribution >= 0.6 is 0 Å². The molecule has 0 rings (SSSR count). The fourth-order valence-corrected chi connectivity index (χ4v) is 3.96. The van der Waals surface area contributed by atoms with Crippen molar-refractivity contribution in [1.29, 1.82) is 0 Å². The highest BCUT2D eigenvalue weighted by atomic mass is 16.3. The van der Waals surface area contributed by atoms with Gasteiger partial charge in [-0.2, -0.15) is 0 Å². The van der Waals surface area contributed by atoms with E-state index in [4.69, 9.17) is 0 Å². The Morgan fingerprint density at radius 3 is 1.60 bits per heavy atom. The lowest BCUT2D eigenvalue weighted by atomic mass is 10.1. The lowest BCUT2D eigenvalue weighted by molar-refractivity contribution is -0.122. The number of rotatable bonds is 26. The second-order valence-electron chi connectivity index (χ2n) is 10.1. The molecule has 0 fully saturated rings. The van der Waals surface area contributed by atoms with Crippen molar-refractivity contribution in [1.82, 2.24) is 5.32 Å². The van der Waals surface area contributed by atoms with Crippen molar-refractivity contribution >= 4 is 5.91 Å². The van der Waals surface area contributed by atoms with E-state index in [1.807, 2.05) is 12.2 Å². The van der Waals surface area contributed by atoms with Crippen LogP contribution in [0.4, 0.5) is 0 Å². The van der Waals surface area contributed by atoms with Crippen molar-refractivity contribution in [2.24, 2.45) is 0 Å². The average molecular weight is 554 g/mol. The van der Waals surface area contributed by atoms with Crippen LogP contribution < -0.4 is 5.32 Å². The molecule has 40 heavy (non-hydrogen) atoms. The minimum Gasteiger partial charge on any atom is -0.394 e. The molecule has 0 spiro atoms. The highest BCUT2D eigenvalue weighted by molar-refractivity contribution is 5.76. The molecule has 2 atom stereocenters. The Kier molecular flexibility index (Phi) is 29.2. The van der Waals surface area contributed by atoms with Crippen LogP contribution in [-0.4, -0.2) is 34.9 Å². The van der Waals surface area contributed by atoms with E-state index < -0.39 is 12.1 Å². The van der Waals surface area contributed by atoms with Gasteiger partial charge in [-0.05, 0) is 57.8 Å². The van der Waals surface area contributed by atoms with E-state index in [0.717, 1.165) is 51.4 Å². The molecule has 0 bridgehead atoms. The van der Waals surface area contributed by atoms with Gasteiger partial charge in [0.05, 0.1) is 18.8 Å². The zero-order valence-corrected chi connectivity index (χ0v) is 25.6. The number of carbonyl (C=O) groups is 1. The van der Waals surface area contributed by atoms with Gasteiger partial charge in [0.15, 0.2) is 0 Å². The molecule has 226 valence electrons. The van der Waals surface area contributed by atoms with Crippen molar-refractivity contribution in [2.75, 3.05) is 6.61 Å². The second-order valence-corrected chi connectivity index (χ2v) is 10.1. The lowest BCUT2D eigenvalue weighted by Gasteiger charge is -2.19. The van der Waals surface area contributed by atoms with Gasteiger partial charge in [0.1, 0.15) is 0 Å². The maximum atomic E-state index is 12.2. The second kappa shape index (κ2) is 31.1. The molecule has 0 saturated carbocycles. The number of hydrogen-bond donors (Lipinski definition) is 3. The molecule has 4 nitrogen and oxygen atoms in total. The number of aliphatic hydroxyl groups excluding tert-OH is 2. The summed E-state index contributed by atoms with van der Waals surface area (Å²) in [7, 11) is 0. The number of aliphatic hydroxyl groups is 2. The molecular weight excluding hydrogens is 494 g/mol. The van der Waals surface area contributed by atoms with Crippen LogP contribution in [0.3, 0.4) is 0 Å². The largest absolute Gasteiger partial charge is 0.394 e. The normalized spacial score (nSPS) is 14.4. The number of carbonyl (C=O) groups excluding carboxylic acids is 1. The van der Waals surface area contributed by atoms with Crippen LogP contribution in [0.15, 0.2) is 85.1 Å². The molecule has 2 unspecified atom stereocenters. The first-order valence-electron chi connectivity index (χ1n) is 15.8. The van der Waals surface area contributed by atoms with Crippen LogP contribution in [0.1, 0.15) is 117 Å². The van der Waals surface area contributed by atoms with Crippen molar-refractivity contribution in [2.45, 2.75) is 129 Å². The first-order chi connectivity index (χ1) is 19.7. The van der Waals surface area contributed by atoms with Crippen LogP contribution in [-0.2, 0) is 4.79 Å². The van der Waals surface area contributed by atoms with Gasteiger partial charge in [-0.15, -0.1) is 0 Å². The average Bonchev–Trinajstić information content (AvgIpc) is 2.96. The summed E-state index contributed by atoms with van der Waals surface area (Å²) in [6.07, 6.45) is 45.2. The van der Waals surface area contributed by atoms with Crippen molar-refractivity contribution in [3.63, 3.8) is 0 Å². The summed E-state index contributed by atoms with van der Waals surface area (Å²) in [5, 5.41) is 22.6. The van der Waals surface area contributed by atoms with Gasteiger partial charge in [-0.3, -0.25) is 4.79 Å². The zero-order valence-electron chi connectivity index (χ0n) is 25.6. The van der Waals surface area contributed by atoms with Gasteiger partial charge in [0, 0.05) is 6.42 Å². The van der Waals surface area contributed by atoms with Crippen molar-refractivity contribution in [3.05, 3.63) is 85.1 Å². The third kappa shape index (κ3) is 27.1. The minimum absolute atomic E-state index is 0.155. The number of amides is 1. The number of nitrogens with one attached hydrogen (secondary N) is 1. The third-order valence-electron chi connectivity index (χ3n) is 6.40. The molecular formula is C36H59NO3. The van der Waals surface area contributed by atoms with Crippen LogP contribution in [0.2, 0.25) is 0 Å². The Bertz CT molecular complexity index is 773. The lowest BCUT2D eigenvalue weighted by Crippen LogP contribution is -2.45. The Morgan fingerprint density at radius 1 is 0.625 bits per heavy atom. The van der Waals surface area contributed by atoms with E-state index in [2.05, 4.69) is 86.0 Å². The zero-order chi connectivity index (χ0) is 29.4. The summed E-state index contributed by atoms with van der Waals surface area (Å²) in [6, 6.07) is -0.664. The van der Waals surface area contributed by atoms with E-state index in [1.165, 1.54) is 38.5 Å². The Balaban J connectivity index is 3.88. The quantitative estimate of drug-likeness (QED) is 0.0739. The summed E-state index contributed by atoms with van der Waals surface area (Å²) in [6.45, 7) is 4.09. The molecule has 0 radical (unpaired) electrons. The van der Waals surface area contributed by atoms with E-state index >= 15 is 0 Å². The predicted molar refractivity (Wildman–Crippen MR) is 174 cm³/mol. The topological polar surface area (TPSA) is 69.6 Å². The van der Waals surface area contributed by atoms with Crippen molar-refractivity contribution < 1.29 is 15.0 Å². The van der Waals surface area contributed by atoms with Crippen LogP contribution in [0, 0.1) is 0 Å². The highest BCUT2D eigenvalue weighted by Gasteiger charge is 2.17. The summed E-state index contributed by atoms with van der Waals surface area (Å²) >= 11 is 0. The predicted octanol–water partition coefficient (Wildman–Crippen LogP) is 9.00. The molecule has 0 saturated heterocycles. The molecule has 4 heteroatoms. The molecule has 0 aliphatic rings. The SMILES string of the molecule is CC/C=C\C/C=C\C/C=C\C/C=C\C/C=C\C/C=C\CCC(=O)NC(CO)C(O)/C=C/CCCCCCCCC. The minimum atomic E-state index is -0.871. The van der Waals surface area contributed by atoms with E-state index in [0.29, 0.717) is 12.8 Å². The van der Waals surface area contributed by atoms with Gasteiger partial charge in [0.2, 0.25) is 5.91 Å². The maximum absolute atomic E-state index is 12.2. The molecule has 0 aromatic rings. The van der Waals surface area contributed by atoms with Gasteiger partial charge in [0.25, 0.3) is 0 Å². The molecule has 1 amide bonds. The molecule has 0 aliphatic carbocycles. The highest BCUT2D eigenvalue weighted by Crippen LogP contribution is 2.09. The standard InChI is InChI=1S/C36H59NO3/c1-3-5-7-9-11-13-14-15-16-17-18-19-20-21-22-24-26-28-30-32-36(40)37-34(33-38)35(39)31-29-27-25-23-12-10-8-6-4-2/h5,7,11,13,15-16,18-19,21-22,26,28-29,31,34-35,38-39H,3-4,6,8-10,12,14,17,20,23-25,27,30,32-33H2,1-2H3,(H,37,40)/b7-5-,13-11-,16-15-,19-18-,22-21-,28-26-,31-29+. The summed E-state index contributed by atoms with van der Waals surface area (Å²) in [5.41, 5.74) is 0. The van der Waals surface area contributed by atoms with E-state index in [9.17, 15) is 15.0 Å². The fourth-order valence-electron chi connectivity index (χ4n) is 3.96. The maximum Gasteiger partial charge on any atom is 0.220 e. The Labute approximate surface area is 246 Å². The first-order valence-corrected chi connectivity index (χ1v) is 15.8. The fraction of sp³-hybridized carbons (Fsp3) is 0.583. The Hall–Kier alpha value is -2.43. The number of hydrogen-bond acceptors (Lipinski definition) is 3. The van der Waals surface area contributed by atoms with Gasteiger partial charge >= 0.3 is 0 Å². The van der Waals surface area contributed by atoms with E-state index in [1.54, 1.807) is 6.08 Å². The Morgan fingerprint density at radius 2 is 1.10 bits per heavy atom. The smallest absolute Gasteiger partial charge is 0.220 e. The van der Waals surface area contributed by atoms with Gasteiger partial charge in [-0.1, -0.05) is 137 Å². The number of allylic oxidation sites excluding steroid dienone is 13. The molecule has 0 aliphatic heterocycles. The summed E-state index contributed by atoms with van der Waals surface area (Å²) < 4.78 is 0. The van der Waals surface area contributed by atoms with Crippen molar-refractivity contribution in [3.8, 4) is 0 Å². The first kappa shape index (κ1) is 37.6. The van der Waals surface area contributed by atoms with E-state index in [-0.39, 0.29) is 12.5 Å². The summed E-state index contributed by atoms with van der Waals surface area (Å²) in [5.74, 6) is -0.155. The van der Waals surface area contributed by atoms with Crippen LogP contribution in [0.5, 0.6) is 0 Å². The summed E-state index contributed by atoms with van der Waals surface area (Å²) in [4.78, 5) is 12.2. The third-order valence-corrected chi connectivity index (χ3v) is 6.40. The van der Waals surface area contributed by atoms with Gasteiger partial charge < -0.3 is 15.5 Å². The number of unbranched alkanes of at least 4 members (excludes halogenated alkanes) is 7. The molecule has 3 N–H and O–H groups in total.